The number of anilines is 1. The second-order valence-corrected chi connectivity index (χ2v) is 8.55. The van der Waals surface area contributed by atoms with E-state index in [-0.39, 0.29) is 11.8 Å². The van der Waals surface area contributed by atoms with Crippen molar-refractivity contribution in [2.24, 2.45) is 11.3 Å². The summed E-state index contributed by atoms with van der Waals surface area (Å²) < 4.78 is 12.3. The summed E-state index contributed by atoms with van der Waals surface area (Å²) in [6, 6.07) is 4.02. The highest BCUT2D eigenvalue weighted by Gasteiger charge is 2.61. The molecule has 26 heavy (non-hydrogen) atoms. The van der Waals surface area contributed by atoms with E-state index in [1.54, 1.807) is 17.5 Å². The number of aromatic nitrogens is 1. The van der Waals surface area contributed by atoms with Crippen LogP contribution < -0.4 is 5.32 Å². The van der Waals surface area contributed by atoms with E-state index in [0.29, 0.717) is 13.2 Å². The highest BCUT2D eigenvalue weighted by atomic mass is 32.1. The summed E-state index contributed by atoms with van der Waals surface area (Å²) in [5, 5.41) is 6.20. The Bertz CT molecular complexity index is 789. The Morgan fingerprint density at radius 3 is 2.65 bits per heavy atom. The van der Waals surface area contributed by atoms with Gasteiger partial charge < -0.3 is 14.8 Å². The van der Waals surface area contributed by atoms with E-state index in [0.717, 1.165) is 48.0 Å². The fraction of sp³-hybridized carbons (Fsp3) is 0.600. The van der Waals surface area contributed by atoms with Gasteiger partial charge in [-0.05, 0) is 30.4 Å². The van der Waals surface area contributed by atoms with Crippen LogP contribution in [0, 0.1) is 11.3 Å². The quantitative estimate of drug-likeness (QED) is 0.851. The van der Waals surface area contributed by atoms with Crippen LogP contribution >= 0.6 is 11.3 Å². The third kappa shape index (κ3) is 2.75. The van der Waals surface area contributed by atoms with Crippen LogP contribution in [0.3, 0.4) is 0 Å². The molecule has 0 aromatic carbocycles. The van der Waals surface area contributed by atoms with Gasteiger partial charge in [-0.2, -0.15) is 0 Å². The lowest BCUT2D eigenvalue weighted by Gasteiger charge is -2.49. The minimum absolute atomic E-state index is 0.00387. The van der Waals surface area contributed by atoms with Crippen molar-refractivity contribution < 1.29 is 14.3 Å². The van der Waals surface area contributed by atoms with Gasteiger partial charge in [0.05, 0.1) is 25.1 Å². The van der Waals surface area contributed by atoms with Gasteiger partial charge in [0.25, 0.3) is 0 Å². The van der Waals surface area contributed by atoms with Crippen molar-refractivity contribution in [1.82, 2.24) is 4.98 Å². The third-order valence-electron chi connectivity index (χ3n) is 5.85. The van der Waals surface area contributed by atoms with Gasteiger partial charge in [0.2, 0.25) is 5.91 Å². The summed E-state index contributed by atoms with van der Waals surface area (Å²) in [5.41, 5.74) is 0.0854. The van der Waals surface area contributed by atoms with Gasteiger partial charge in [0, 0.05) is 11.3 Å². The minimum Gasteiger partial charge on any atom is -0.346 e. The topological polar surface area (TPSA) is 60.5 Å². The average molecular weight is 375 g/mol. The fourth-order valence-electron chi connectivity index (χ4n) is 4.66. The Kier molecular flexibility index (Phi) is 4.75. The van der Waals surface area contributed by atoms with Gasteiger partial charge >= 0.3 is 0 Å². The number of thiophene rings is 1. The minimum atomic E-state index is -0.836. The van der Waals surface area contributed by atoms with Crippen molar-refractivity contribution in [3.05, 3.63) is 23.7 Å². The van der Waals surface area contributed by atoms with Crippen molar-refractivity contribution in [3.63, 3.8) is 0 Å². The first-order valence-electron chi connectivity index (χ1n) is 9.50. The van der Waals surface area contributed by atoms with Gasteiger partial charge in [-0.25, -0.2) is 4.98 Å². The van der Waals surface area contributed by atoms with Crippen molar-refractivity contribution in [1.29, 1.82) is 0 Å². The molecule has 0 unspecified atom stereocenters. The molecule has 5 nitrogen and oxygen atoms in total. The number of hydrogen-bond donors (Lipinski definition) is 1. The van der Waals surface area contributed by atoms with E-state index in [1.807, 2.05) is 17.5 Å². The van der Waals surface area contributed by atoms with Crippen molar-refractivity contribution >= 4 is 33.1 Å². The second kappa shape index (κ2) is 6.91. The standard InChI is InChI=1S/C20H26N2O3S/c1-14(2)20(24-9-10-25-20)19(7-4-3-5-8-19)18(23)22-16-12-15-6-11-26-17(15)21-13-16/h6,11-14H,3-5,7-10H2,1-2H3,(H,22,23). The summed E-state index contributed by atoms with van der Waals surface area (Å²) in [6.07, 6.45) is 6.54. The Morgan fingerprint density at radius 2 is 1.96 bits per heavy atom. The van der Waals surface area contributed by atoms with Gasteiger partial charge in [-0.3, -0.25) is 4.79 Å². The van der Waals surface area contributed by atoms with Crippen LogP contribution in [-0.2, 0) is 14.3 Å². The number of fused-ring (bicyclic) bond motifs is 1. The summed E-state index contributed by atoms with van der Waals surface area (Å²) in [4.78, 5) is 19.0. The molecule has 0 atom stereocenters. The molecule has 0 radical (unpaired) electrons. The van der Waals surface area contributed by atoms with Crippen LogP contribution in [0.2, 0.25) is 0 Å². The summed E-state index contributed by atoms with van der Waals surface area (Å²) in [5.74, 6) is -0.729. The number of nitrogens with zero attached hydrogens (tertiary/aromatic N) is 1. The Labute approximate surface area is 158 Å². The van der Waals surface area contributed by atoms with Crippen molar-refractivity contribution in [3.8, 4) is 0 Å². The van der Waals surface area contributed by atoms with Crippen LogP contribution in [0.15, 0.2) is 23.7 Å². The highest BCUT2D eigenvalue weighted by Crippen LogP contribution is 2.53. The van der Waals surface area contributed by atoms with Crippen molar-refractivity contribution in [2.45, 2.75) is 51.7 Å². The lowest BCUT2D eigenvalue weighted by Crippen LogP contribution is -2.59. The van der Waals surface area contributed by atoms with E-state index < -0.39 is 11.2 Å². The number of pyridine rings is 1. The zero-order valence-electron chi connectivity index (χ0n) is 15.4. The second-order valence-electron chi connectivity index (χ2n) is 7.65. The average Bonchev–Trinajstić information content (AvgIpc) is 3.32. The third-order valence-corrected chi connectivity index (χ3v) is 6.69. The molecule has 2 aromatic rings. The first-order chi connectivity index (χ1) is 12.6. The molecule has 0 bridgehead atoms. The van der Waals surface area contributed by atoms with E-state index >= 15 is 0 Å². The van der Waals surface area contributed by atoms with Crippen LogP contribution in [0.1, 0.15) is 46.0 Å². The molecular formula is C20H26N2O3S. The summed E-state index contributed by atoms with van der Waals surface area (Å²) >= 11 is 1.60. The molecule has 3 heterocycles. The van der Waals surface area contributed by atoms with E-state index in [4.69, 9.17) is 9.47 Å². The fourth-order valence-corrected chi connectivity index (χ4v) is 5.38. The zero-order valence-corrected chi connectivity index (χ0v) is 16.2. The monoisotopic (exact) mass is 374 g/mol. The lowest BCUT2D eigenvalue weighted by molar-refractivity contribution is -0.263. The van der Waals surface area contributed by atoms with Crippen LogP contribution in [0.4, 0.5) is 5.69 Å². The molecule has 2 aromatic heterocycles. The Balaban J connectivity index is 1.68. The maximum absolute atomic E-state index is 13.6. The largest absolute Gasteiger partial charge is 0.346 e. The van der Waals surface area contributed by atoms with Gasteiger partial charge in [-0.1, -0.05) is 33.1 Å². The van der Waals surface area contributed by atoms with Crippen LogP contribution in [0.5, 0.6) is 0 Å². The first kappa shape index (κ1) is 17.9. The number of amides is 1. The van der Waals surface area contributed by atoms with E-state index in [2.05, 4.69) is 24.1 Å². The highest BCUT2D eigenvalue weighted by molar-refractivity contribution is 7.16. The molecular weight excluding hydrogens is 348 g/mol. The number of nitrogens with one attached hydrogen (secondary N) is 1. The van der Waals surface area contributed by atoms with Gasteiger partial charge in [0.15, 0.2) is 5.79 Å². The molecule has 2 aliphatic rings. The van der Waals surface area contributed by atoms with Crippen molar-refractivity contribution in [2.75, 3.05) is 18.5 Å². The van der Waals surface area contributed by atoms with E-state index in [1.165, 1.54) is 0 Å². The number of rotatable bonds is 4. The molecule has 140 valence electrons. The predicted molar refractivity (Wildman–Crippen MR) is 103 cm³/mol. The van der Waals surface area contributed by atoms with E-state index in [9.17, 15) is 4.79 Å². The zero-order chi connectivity index (χ0) is 18.2. The molecule has 1 saturated heterocycles. The summed E-state index contributed by atoms with van der Waals surface area (Å²) in [7, 11) is 0. The molecule has 0 spiro atoms. The predicted octanol–water partition coefficient (Wildman–Crippen LogP) is 4.58. The Hall–Kier alpha value is -1.50. The van der Waals surface area contributed by atoms with Gasteiger partial charge in [-0.15, -0.1) is 11.3 Å². The smallest absolute Gasteiger partial charge is 0.236 e. The number of ether oxygens (including phenoxy) is 2. The molecule has 6 heteroatoms. The molecule has 1 amide bonds. The number of carbonyl (C=O) groups excluding carboxylic acids is 1. The van der Waals surface area contributed by atoms with Crippen LogP contribution in [-0.4, -0.2) is 29.9 Å². The molecule has 1 aliphatic heterocycles. The molecule has 2 fully saturated rings. The Morgan fingerprint density at radius 1 is 1.23 bits per heavy atom. The number of carbonyl (C=O) groups is 1. The normalized spacial score (nSPS) is 22.0. The molecule has 1 N–H and O–H groups in total. The molecule has 4 rings (SSSR count). The maximum atomic E-state index is 13.6. The molecule has 1 saturated carbocycles. The lowest BCUT2D eigenvalue weighted by atomic mass is 9.64. The number of hydrogen-bond acceptors (Lipinski definition) is 5. The maximum Gasteiger partial charge on any atom is 0.236 e. The molecule has 1 aliphatic carbocycles. The summed E-state index contributed by atoms with van der Waals surface area (Å²) in [6.45, 7) is 5.28. The SMILES string of the molecule is CC(C)C1(C2(C(=O)Nc3cnc4sccc4c3)CCCCC2)OCCO1. The van der Waals surface area contributed by atoms with Gasteiger partial charge in [0.1, 0.15) is 10.2 Å². The first-order valence-corrected chi connectivity index (χ1v) is 10.4. The van der Waals surface area contributed by atoms with Crippen LogP contribution in [0.25, 0.3) is 10.2 Å².